The molecule has 0 unspecified atom stereocenters. The topological polar surface area (TPSA) is 347 Å². The number of pyridine rings is 2. The van der Waals surface area contributed by atoms with Crippen molar-refractivity contribution >= 4 is 52.3 Å². The van der Waals surface area contributed by atoms with Gasteiger partial charge in [0.2, 0.25) is 35.4 Å². The Morgan fingerprint density at radius 1 is 0.762 bits per heavy atom. The molecule has 6 amide bonds. The van der Waals surface area contributed by atoms with Crippen LogP contribution >= 0.6 is 0 Å². The van der Waals surface area contributed by atoms with Crippen molar-refractivity contribution in [2.24, 2.45) is 5.73 Å². The number of cyclic esters (lactones) is 1. The predicted molar refractivity (Wildman–Crippen MR) is 297 cm³/mol. The molecule has 456 valence electrons. The number of aliphatic hydroxyl groups is 1. The molecule has 1 aliphatic carbocycles. The second-order valence-corrected chi connectivity index (χ2v) is 19.9. The van der Waals surface area contributed by atoms with Crippen LogP contribution in [-0.4, -0.2) is 181 Å². The third kappa shape index (κ3) is 17.4. The maximum absolute atomic E-state index is 15.4. The number of carbonyl (C=O) groups excluding carboxylic acids is 7. The predicted octanol–water partition coefficient (Wildman–Crippen LogP) is -0.755. The van der Waals surface area contributed by atoms with Crippen molar-refractivity contribution < 1.29 is 81.0 Å². The normalized spacial score (nSPS) is 16.0. The van der Waals surface area contributed by atoms with Gasteiger partial charge in [-0.25, -0.2) is 14.2 Å². The smallest absolute Gasteiger partial charge is 0.343 e. The zero-order valence-electron chi connectivity index (χ0n) is 47.2. The van der Waals surface area contributed by atoms with Crippen LogP contribution in [0.3, 0.4) is 0 Å². The monoisotopic (exact) mass is 1180 g/mol. The zero-order valence-corrected chi connectivity index (χ0v) is 47.2. The van der Waals surface area contributed by atoms with Crippen LogP contribution in [0.4, 0.5) is 4.39 Å². The molecule has 2 aliphatic heterocycles. The van der Waals surface area contributed by atoms with Gasteiger partial charge in [0.1, 0.15) is 31.8 Å². The molecule has 7 rings (SSSR count). The van der Waals surface area contributed by atoms with Crippen molar-refractivity contribution in [3.63, 3.8) is 0 Å². The van der Waals surface area contributed by atoms with Gasteiger partial charge in [0.05, 0.1) is 134 Å². The highest BCUT2D eigenvalue weighted by atomic mass is 19.1. The van der Waals surface area contributed by atoms with Gasteiger partial charge >= 0.3 is 5.97 Å². The van der Waals surface area contributed by atoms with Crippen LogP contribution in [0, 0.1) is 12.7 Å². The van der Waals surface area contributed by atoms with Crippen molar-refractivity contribution in [1.29, 1.82) is 0 Å². The van der Waals surface area contributed by atoms with Crippen LogP contribution in [0.25, 0.3) is 22.3 Å². The molecule has 2 aromatic heterocycles. The van der Waals surface area contributed by atoms with E-state index in [1.807, 2.05) is 0 Å². The molecular weight excluding hydrogens is 1100 g/mol. The minimum absolute atomic E-state index is 0.0228. The molecule has 0 radical (unpaired) electrons. The number of nitrogens with one attached hydrogen (secondary N) is 6. The molecule has 0 fully saturated rings. The average Bonchev–Trinajstić information content (AvgIpc) is 1.49. The number of hydrogen-bond acceptors (Lipinski definition) is 19. The number of halogens is 1. The van der Waals surface area contributed by atoms with Crippen LogP contribution in [0.5, 0.6) is 0 Å². The summed E-state index contributed by atoms with van der Waals surface area (Å²) in [4.78, 5) is 109. The Morgan fingerprint density at radius 3 is 2.02 bits per heavy atom. The molecule has 27 heteroatoms. The van der Waals surface area contributed by atoms with Crippen molar-refractivity contribution in [1.82, 2.24) is 41.5 Å². The molecule has 0 bridgehead atoms. The van der Waals surface area contributed by atoms with E-state index in [2.05, 4.69) is 31.9 Å². The Bertz CT molecular complexity index is 3040. The van der Waals surface area contributed by atoms with E-state index in [0.717, 1.165) is 5.56 Å². The van der Waals surface area contributed by atoms with Gasteiger partial charge in [-0.05, 0) is 54.5 Å². The number of fused-ring (bicyclic) bond motifs is 5. The third-order valence-corrected chi connectivity index (χ3v) is 14.2. The Kier molecular flexibility index (Phi) is 24.5. The highest BCUT2D eigenvalue weighted by Gasteiger charge is 2.46. The highest BCUT2D eigenvalue weighted by Crippen LogP contribution is 2.46. The molecule has 4 aromatic rings. The number of ether oxygens (including phenoxy) is 8. The Balaban J connectivity index is 0.791. The molecule has 3 atom stereocenters. The Hall–Kier alpha value is -7.34. The fourth-order valence-electron chi connectivity index (χ4n) is 9.83. The van der Waals surface area contributed by atoms with Gasteiger partial charge in [0.15, 0.2) is 5.60 Å². The maximum atomic E-state index is 15.4. The summed E-state index contributed by atoms with van der Waals surface area (Å²) in [5.41, 5.74) is 7.20. The minimum atomic E-state index is -2.05. The van der Waals surface area contributed by atoms with Gasteiger partial charge < -0.3 is 85.2 Å². The SMILES string of the molecule is CC[C@@]1(O)C(=O)OCc2c1cc1n(c2=O)Cc2c-1nc1cc(F)c(C)c3c1c2[C@@H](NC(=O)COCNC(=O)CNC(=O)[C@H](Cc1ccccc1)NC(=O)CNC(=O)CNC(=O)CCOCCOCCOCCOCCOCCOCCN)CC3. The number of hydrogen-bond donors (Lipinski definition) is 8. The van der Waals surface area contributed by atoms with Crippen molar-refractivity contribution in [2.45, 2.75) is 76.8 Å². The summed E-state index contributed by atoms with van der Waals surface area (Å²) in [7, 11) is 0. The summed E-state index contributed by atoms with van der Waals surface area (Å²) in [6.07, 6.45) is 0.733. The molecule has 9 N–H and O–H groups in total. The molecule has 84 heavy (non-hydrogen) atoms. The summed E-state index contributed by atoms with van der Waals surface area (Å²) in [6, 6.07) is 9.86. The van der Waals surface area contributed by atoms with E-state index in [1.165, 1.54) is 10.6 Å². The summed E-state index contributed by atoms with van der Waals surface area (Å²) in [5.74, 6) is -5.09. The number of rotatable bonds is 36. The number of amides is 6. The van der Waals surface area contributed by atoms with Gasteiger partial charge in [0, 0.05) is 42.0 Å². The zero-order chi connectivity index (χ0) is 60.0. The molecule has 4 heterocycles. The molecular formula is C57H74FN9O17. The fourth-order valence-corrected chi connectivity index (χ4v) is 9.83. The first-order valence-electron chi connectivity index (χ1n) is 27.9. The van der Waals surface area contributed by atoms with Crippen molar-refractivity contribution in [3.05, 3.63) is 97.6 Å². The van der Waals surface area contributed by atoms with Gasteiger partial charge in [-0.1, -0.05) is 37.3 Å². The quantitative estimate of drug-likeness (QED) is 0.0139. The van der Waals surface area contributed by atoms with E-state index in [-0.39, 0.29) is 63.4 Å². The van der Waals surface area contributed by atoms with E-state index in [9.17, 15) is 43.5 Å². The lowest BCUT2D eigenvalue weighted by atomic mass is 9.81. The number of aromatic nitrogens is 2. The summed E-state index contributed by atoms with van der Waals surface area (Å²) in [6.45, 7) is 5.66. The molecule has 3 aliphatic rings. The number of aryl methyl sites for hydroxylation is 1. The third-order valence-electron chi connectivity index (χ3n) is 14.2. The second-order valence-electron chi connectivity index (χ2n) is 19.9. The lowest BCUT2D eigenvalue weighted by Crippen LogP contribution is -2.52. The first-order valence-corrected chi connectivity index (χ1v) is 27.9. The molecule has 0 saturated heterocycles. The van der Waals surface area contributed by atoms with Crippen molar-refractivity contribution in [3.8, 4) is 11.4 Å². The Labute approximate surface area is 483 Å². The lowest BCUT2D eigenvalue weighted by molar-refractivity contribution is -0.172. The number of nitrogens with two attached hydrogens (primary N) is 1. The molecule has 0 saturated carbocycles. The van der Waals surface area contributed by atoms with E-state index in [0.29, 0.717) is 123 Å². The maximum Gasteiger partial charge on any atom is 0.343 e. The van der Waals surface area contributed by atoms with Crippen LogP contribution in [0.15, 0.2) is 47.3 Å². The van der Waals surface area contributed by atoms with E-state index >= 15 is 4.39 Å². The van der Waals surface area contributed by atoms with E-state index in [4.69, 9.17) is 48.6 Å². The van der Waals surface area contributed by atoms with Gasteiger partial charge in [-0.15, -0.1) is 0 Å². The molecule has 26 nitrogen and oxygen atoms in total. The molecule has 0 spiro atoms. The highest BCUT2D eigenvalue weighted by molar-refractivity contribution is 5.95. The fraction of sp³-hybridized carbons (Fsp3) is 0.526. The van der Waals surface area contributed by atoms with Crippen LogP contribution in [-0.2, 0) is 103 Å². The first kappa shape index (κ1) is 64.2. The molecule has 2 aromatic carbocycles. The number of nitrogens with zero attached hydrogens (tertiary/aromatic N) is 2. The average molecular weight is 1180 g/mol. The number of benzene rings is 2. The largest absolute Gasteiger partial charge is 0.458 e. The Morgan fingerprint density at radius 2 is 1.37 bits per heavy atom. The first-order chi connectivity index (χ1) is 40.6. The minimum Gasteiger partial charge on any atom is -0.458 e. The van der Waals surface area contributed by atoms with Gasteiger partial charge in [0.25, 0.3) is 5.56 Å². The van der Waals surface area contributed by atoms with Crippen LogP contribution in [0.1, 0.15) is 71.2 Å². The van der Waals surface area contributed by atoms with E-state index < -0.39 is 103 Å². The standard InChI is InChI=1S/C57H74FN9O17/c1-3-57(76)40-26-45-53-38(31-67(45)55(74)39(40)32-84-56(57)75)52-42(10-9-37-35(2)41(58)27-43(66-53)51(37)52)64-50(72)33-83-34-63-48(70)29-62-54(73)44(25-36-7-5-4-6-8-36)65-49(71)30-61-47(69)28-60-46(68)11-13-77-15-17-79-19-21-81-23-24-82-22-20-80-18-16-78-14-12-59/h4-8,26-27,42,44,76H,3,9-25,28-34,59H2,1-2H3,(H,60,68)(H,61,69)(H,62,73)(H,63,70)(H,64,72)(H,65,71)/t42-,44-,57-/m0/s1. The van der Waals surface area contributed by atoms with Gasteiger partial charge in [-0.3, -0.25) is 33.6 Å². The second kappa shape index (κ2) is 32.1. The number of carbonyl (C=O) groups is 7. The number of esters is 1. The summed E-state index contributed by atoms with van der Waals surface area (Å²) >= 11 is 0. The van der Waals surface area contributed by atoms with Gasteiger partial charge in [-0.2, -0.15) is 0 Å². The van der Waals surface area contributed by atoms with E-state index in [1.54, 1.807) is 50.2 Å². The lowest BCUT2D eigenvalue weighted by Gasteiger charge is -2.31. The van der Waals surface area contributed by atoms with Crippen molar-refractivity contribution in [2.75, 3.05) is 119 Å². The summed E-state index contributed by atoms with van der Waals surface area (Å²) in [5, 5.41) is 27.4. The summed E-state index contributed by atoms with van der Waals surface area (Å²) < 4.78 is 59.9. The van der Waals surface area contributed by atoms with Crippen LogP contribution < -0.4 is 43.2 Å². The van der Waals surface area contributed by atoms with Crippen LogP contribution in [0.2, 0.25) is 0 Å².